The van der Waals surface area contributed by atoms with Crippen molar-refractivity contribution in [2.75, 3.05) is 11.1 Å². The van der Waals surface area contributed by atoms with E-state index in [1.165, 1.54) is 30.3 Å². The summed E-state index contributed by atoms with van der Waals surface area (Å²) in [5, 5.41) is 10.3. The lowest BCUT2D eigenvalue weighted by atomic mass is 10.3. The fraction of sp³-hybridized carbons (Fsp3) is 0.211. The summed E-state index contributed by atoms with van der Waals surface area (Å²) in [6.45, 7) is -1.39. The number of nitrogens with one attached hydrogen (secondary N) is 1. The molecule has 12 heteroatoms. The minimum Gasteiger partial charge on any atom is -0.478 e. The molecule has 0 saturated carbocycles. The highest BCUT2D eigenvalue weighted by Gasteiger charge is 2.18. The molecule has 164 valence electrons. The highest BCUT2D eigenvalue weighted by atomic mass is 35.5. The van der Waals surface area contributed by atoms with Gasteiger partial charge in [0.1, 0.15) is 5.75 Å². The van der Waals surface area contributed by atoms with Gasteiger partial charge in [-0.05, 0) is 37.3 Å². The summed E-state index contributed by atoms with van der Waals surface area (Å²) in [6.07, 6.45) is -0.705. The lowest BCUT2D eigenvalue weighted by Crippen LogP contribution is -2.14. The first-order valence-electron chi connectivity index (χ1n) is 8.73. The number of carbonyl (C=O) groups excluding carboxylic acids is 1. The second kappa shape index (κ2) is 10.4. The largest absolute Gasteiger partial charge is 0.478 e. The molecule has 0 aliphatic rings. The van der Waals surface area contributed by atoms with Gasteiger partial charge in [-0.2, -0.15) is 8.78 Å². The Morgan fingerprint density at radius 2 is 1.97 bits per heavy atom. The van der Waals surface area contributed by atoms with Crippen molar-refractivity contribution in [1.29, 1.82) is 0 Å². The molecule has 0 saturated heterocycles. The smallest absolute Gasteiger partial charge is 0.387 e. The van der Waals surface area contributed by atoms with Gasteiger partial charge in [0.25, 0.3) is 11.1 Å². The molecule has 1 atom stereocenters. The molecule has 0 aliphatic carbocycles. The van der Waals surface area contributed by atoms with Crippen LogP contribution in [0, 0.1) is 5.82 Å². The van der Waals surface area contributed by atoms with Gasteiger partial charge in [0.2, 0.25) is 5.91 Å². The molecule has 1 N–H and O–H groups in total. The van der Waals surface area contributed by atoms with E-state index in [2.05, 4.69) is 20.3 Å². The van der Waals surface area contributed by atoms with E-state index in [1.54, 1.807) is 19.1 Å². The van der Waals surface area contributed by atoms with Gasteiger partial charge >= 0.3 is 6.61 Å². The van der Waals surface area contributed by atoms with E-state index in [1.807, 2.05) is 0 Å². The number of ether oxygens (including phenoxy) is 2. The number of nitrogens with zero attached hydrogens (tertiary/aromatic N) is 2. The van der Waals surface area contributed by atoms with Crippen LogP contribution in [0.2, 0.25) is 5.02 Å². The number of alkyl halides is 2. The number of amides is 1. The summed E-state index contributed by atoms with van der Waals surface area (Å²) in [7, 11) is 0. The average Bonchev–Trinajstić information content (AvgIpc) is 3.19. The second-order valence-electron chi connectivity index (χ2n) is 5.96. The van der Waals surface area contributed by atoms with Crippen molar-refractivity contribution in [1.82, 2.24) is 10.2 Å². The van der Waals surface area contributed by atoms with Gasteiger partial charge in [-0.25, -0.2) is 4.39 Å². The average molecular weight is 474 g/mol. The Hall–Kier alpha value is -2.92. The normalized spacial score (nSPS) is 11.9. The molecular weight excluding hydrogens is 459 g/mol. The SMILES string of the molecule is CC(Oc1ccccc1F)c1nnc(SCC(=O)Nc2ccc(OC(F)F)c(Cl)c2)o1. The summed E-state index contributed by atoms with van der Waals surface area (Å²) in [5.41, 5.74) is 0.301. The fourth-order valence-corrected chi connectivity index (χ4v) is 3.11. The summed E-state index contributed by atoms with van der Waals surface area (Å²) < 4.78 is 53.3. The number of aromatic nitrogens is 2. The first kappa shape index (κ1) is 22.8. The number of benzene rings is 2. The minimum absolute atomic E-state index is 0.0467. The van der Waals surface area contributed by atoms with E-state index in [9.17, 15) is 18.0 Å². The number of para-hydroxylation sites is 1. The first-order valence-corrected chi connectivity index (χ1v) is 10.1. The van der Waals surface area contributed by atoms with Crippen molar-refractivity contribution in [2.45, 2.75) is 24.9 Å². The maximum atomic E-state index is 13.7. The summed E-state index contributed by atoms with van der Waals surface area (Å²) in [4.78, 5) is 12.1. The van der Waals surface area contributed by atoms with Crippen LogP contribution in [0.3, 0.4) is 0 Å². The van der Waals surface area contributed by atoms with Crippen LogP contribution in [0.4, 0.5) is 18.9 Å². The monoisotopic (exact) mass is 473 g/mol. The molecule has 7 nitrogen and oxygen atoms in total. The van der Waals surface area contributed by atoms with E-state index in [4.69, 9.17) is 20.8 Å². The molecule has 2 aromatic carbocycles. The Kier molecular flexibility index (Phi) is 7.64. The molecule has 1 amide bonds. The lowest BCUT2D eigenvalue weighted by Gasteiger charge is -2.11. The van der Waals surface area contributed by atoms with Crippen LogP contribution in [0.25, 0.3) is 0 Å². The molecule has 0 radical (unpaired) electrons. The number of halogens is 4. The second-order valence-corrected chi connectivity index (χ2v) is 7.29. The molecule has 0 aliphatic heterocycles. The number of anilines is 1. The number of hydrogen-bond acceptors (Lipinski definition) is 7. The van der Waals surface area contributed by atoms with Crippen molar-refractivity contribution < 1.29 is 31.9 Å². The molecule has 1 heterocycles. The molecule has 0 fully saturated rings. The topological polar surface area (TPSA) is 86.5 Å². The van der Waals surface area contributed by atoms with Crippen LogP contribution in [0.5, 0.6) is 11.5 Å². The molecule has 3 aromatic rings. The number of carbonyl (C=O) groups is 1. The summed E-state index contributed by atoms with van der Waals surface area (Å²) in [5.74, 6) is -1.04. The number of thioether (sulfide) groups is 1. The van der Waals surface area contributed by atoms with Gasteiger partial charge in [-0.1, -0.05) is 35.5 Å². The Balaban J connectivity index is 1.51. The third kappa shape index (κ3) is 6.53. The van der Waals surface area contributed by atoms with Gasteiger partial charge < -0.3 is 19.2 Å². The molecule has 31 heavy (non-hydrogen) atoms. The third-order valence-corrected chi connectivity index (χ3v) is 4.78. The molecule has 0 bridgehead atoms. The molecule has 0 spiro atoms. The maximum Gasteiger partial charge on any atom is 0.387 e. The lowest BCUT2D eigenvalue weighted by molar-refractivity contribution is -0.113. The van der Waals surface area contributed by atoms with Crippen LogP contribution in [0.15, 0.2) is 52.1 Å². The van der Waals surface area contributed by atoms with E-state index in [0.717, 1.165) is 11.8 Å². The highest BCUT2D eigenvalue weighted by molar-refractivity contribution is 7.99. The number of rotatable bonds is 9. The molecule has 3 rings (SSSR count). The Bertz CT molecular complexity index is 1050. The minimum atomic E-state index is -3.01. The third-order valence-electron chi connectivity index (χ3n) is 3.67. The van der Waals surface area contributed by atoms with E-state index < -0.39 is 24.4 Å². The van der Waals surface area contributed by atoms with Crippen LogP contribution < -0.4 is 14.8 Å². The van der Waals surface area contributed by atoms with Crippen LogP contribution in [0.1, 0.15) is 18.9 Å². The quantitative estimate of drug-likeness (QED) is 0.420. The fourth-order valence-electron chi connectivity index (χ4n) is 2.32. The molecule has 1 aromatic heterocycles. The first-order chi connectivity index (χ1) is 14.8. The Labute approximate surface area is 183 Å². The van der Waals surface area contributed by atoms with Gasteiger partial charge in [0, 0.05) is 5.69 Å². The number of hydrogen-bond donors (Lipinski definition) is 1. The standard InChI is InChI=1S/C19H15ClF3N3O4S/c1-10(28-15-5-3-2-4-13(15)21)17-25-26-19(30-17)31-9-16(27)24-11-6-7-14(12(20)8-11)29-18(22)23/h2-8,10,18H,9H2,1H3,(H,24,27). The van der Waals surface area contributed by atoms with Crippen molar-refractivity contribution in [3.63, 3.8) is 0 Å². The van der Waals surface area contributed by atoms with Gasteiger partial charge in [-0.15, -0.1) is 10.2 Å². The summed E-state index contributed by atoms with van der Waals surface area (Å²) >= 11 is 6.82. The van der Waals surface area contributed by atoms with E-state index >= 15 is 0 Å². The molecule has 1 unspecified atom stereocenters. The predicted octanol–water partition coefficient (Wildman–Crippen LogP) is 5.33. The van der Waals surface area contributed by atoms with Crippen molar-refractivity contribution in [2.24, 2.45) is 0 Å². The Morgan fingerprint density at radius 1 is 1.19 bits per heavy atom. The van der Waals surface area contributed by atoms with Crippen LogP contribution >= 0.6 is 23.4 Å². The van der Waals surface area contributed by atoms with Gasteiger partial charge in [0.05, 0.1) is 10.8 Å². The summed E-state index contributed by atoms with van der Waals surface area (Å²) in [6, 6.07) is 9.79. The zero-order valence-electron chi connectivity index (χ0n) is 15.9. The Morgan fingerprint density at radius 3 is 2.68 bits per heavy atom. The van der Waals surface area contributed by atoms with Crippen molar-refractivity contribution in [3.8, 4) is 11.5 Å². The van der Waals surface area contributed by atoms with Gasteiger partial charge in [0.15, 0.2) is 17.7 Å². The zero-order chi connectivity index (χ0) is 22.4. The van der Waals surface area contributed by atoms with E-state index in [0.29, 0.717) is 5.69 Å². The zero-order valence-corrected chi connectivity index (χ0v) is 17.4. The van der Waals surface area contributed by atoms with E-state index in [-0.39, 0.29) is 33.4 Å². The highest BCUT2D eigenvalue weighted by Crippen LogP contribution is 2.29. The maximum absolute atomic E-state index is 13.7. The van der Waals surface area contributed by atoms with Crippen LogP contribution in [-0.2, 0) is 4.79 Å². The van der Waals surface area contributed by atoms with Crippen molar-refractivity contribution in [3.05, 3.63) is 59.2 Å². The van der Waals surface area contributed by atoms with Crippen molar-refractivity contribution >= 4 is 35.0 Å². The predicted molar refractivity (Wildman–Crippen MR) is 107 cm³/mol. The van der Waals surface area contributed by atoms with Gasteiger partial charge in [-0.3, -0.25) is 4.79 Å². The van der Waals surface area contributed by atoms with Crippen LogP contribution in [-0.4, -0.2) is 28.5 Å². The molecular formula is C19H15ClF3N3O4S.